The lowest BCUT2D eigenvalue weighted by Gasteiger charge is -2.36. The number of non-ortho nitro benzene ring substituents is 1. The van der Waals surface area contributed by atoms with Crippen LogP contribution in [0.3, 0.4) is 0 Å². The third kappa shape index (κ3) is 4.29. The van der Waals surface area contributed by atoms with Gasteiger partial charge in [-0.1, -0.05) is 30.3 Å². The number of carbonyl (C=O) groups excluding carboxylic acids is 1. The molecule has 4 rings (SSSR count). The molecule has 0 aliphatic carbocycles. The van der Waals surface area contributed by atoms with E-state index in [1.54, 1.807) is 17.0 Å². The Morgan fingerprint density at radius 2 is 1.62 bits per heavy atom. The molecule has 3 aromatic rings. The number of nitro groups is 1. The summed E-state index contributed by atoms with van der Waals surface area (Å²) in [5, 5.41) is 13.0. The Kier molecular flexibility index (Phi) is 5.29. The van der Waals surface area contributed by atoms with E-state index in [4.69, 9.17) is 4.74 Å². The van der Waals surface area contributed by atoms with Gasteiger partial charge in [-0.15, -0.1) is 0 Å². The summed E-state index contributed by atoms with van der Waals surface area (Å²) in [5.74, 6) is 0.642. The molecule has 0 atom stereocenters. The number of piperazine rings is 1. The molecule has 0 N–H and O–H groups in total. The predicted octanol–water partition coefficient (Wildman–Crippen LogP) is 3.48. The van der Waals surface area contributed by atoms with E-state index in [1.807, 2.05) is 42.5 Å². The highest BCUT2D eigenvalue weighted by molar-refractivity contribution is 5.84. The van der Waals surface area contributed by atoms with Gasteiger partial charge in [0.25, 0.3) is 11.6 Å². The molecule has 7 nitrogen and oxygen atoms in total. The van der Waals surface area contributed by atoms with Gasteiger partial charge >= 0.3 is 0 Å². The number of fused-ring (bicyclic) bond motifs is 1. The van der Waals surface area contributed by atoms with Crippen LogP contribution in [0.15, 0.2) is 66.7 Å². The van der Waals surface area contributed by atoms with E-state index in [9.17, 15) is 14.9 Å². The molecule has 0 unspecified atom stereocenters. The summed E-state index contributed by atoms with van der Waals surface area (Å²) in [7, 11) is 0. The Labute approximate surface area is 168 Å². The Hall–Kier alpha value is -3.61. The van der Waals surface area contributed by atoms with Crippen LogP contribution < -0.4 is 9.64 Å². The second-order valence-corrected chi connectivity index (χ2v) is 6.94. The third-order valence-electron chi connectivity index (χ3n) is 5.14. The summed E-state index contributed by atoms with van der Waals surface area (Å²) in [5.41, 5.74) is 1.00. The average molecular weight is 391 g/mol. The maximum atomic E-state index is 12.5. The second-order valence-electron chi connectivity index (χ2n) is 6.94. The van der Waals surface area contributed by atoms with Gasteiger partial charge in [0.1, 0.15) is 5.75 Å². The van der Waals surface area contributed by atoms with E-state index in [0.29, 0.717) is 31.9 Å². The summed E-state index contributed by atoms with van der Waals surface area (Å²) in [6, 6.07) is 20.3. The second kappa shape index (κ2) is 8.18. The van der Waals surface area contributed by atoms with Crippen LogP contribution in [0.5, 0.6) is 5.75 Å². The highest BCUT2D eigenvalue weighted by Crippen LogP contribution is 2.22. The molecular formula is C22H21N3O4. The van der Waals surface area contributed by atoms with Crippen molar-refractivity contribution in [2.75, 3.05) is 37.7 Å². The smallest absolute Gasteiger partial charge is 0.269 e. The standard InChI is InChI=1S/C22H21N3O4/c26-22(16-29-21-10-5-17-3-1-2-4-18(17)15-21)24-13-11-23(12-14-24)19-6-8-20(9-7-19)25(27)28/h1-10,15H,11-14,16H2. The first-order valence-corrected chi connectivity index (χ1v) is 9.49. The van der Waals surface area contributed by atoms with Crippen molar-refractivity contribution in [1.82, 2.24) is 4.90 Å². The fraction of sp³-hybridized carbons (Fsp3) is 0.227. The first-order valence-electron chi connectivity index (χ1n) is 9.49. The van der Waals surface area contributed by atoms with Crippen molar-refractivity contribution in [3.63, 3.8) is 0 Å². The molecule has 0 saturated carbocycles. The van der Waals surface area contributed by atoms with Crippen molar-refractivity contribution in [1.29, 1.82) is 0 Å². The van der Waals surface area contributed by atoms with Crippen LogP contribution in [0.2, 0.25) is 0 Å². The van der Waals surface area contributed by atoms with E-state index in [1.165, 1.54) is 12.1 Å². The van der Waals surface area contributed by atoms with E-state index in [2.05, 4.69) is 4.90 Å². The largest absolute Gasteiger partial charge is 0.484 e. The first kappa shape index (κ1) is 18.7. The van der Waals surface area contributed by atoms with Gasteiger partial charge in [0.2, 0.25) is 0 Å². The Balaban J connectivity index is 1.29. The quantitative estimate of drug-likeness (QED) is 0.492. The van der Waals surface area contributed by atoms with E-state index in [-0.39, 0.29) is 18.2 Å². The highest BCUT2D eigenvalue weighted by Gasteiger charge is 2.22. The molecule has 0 radical (unpaired) electrons. The van der Waals surface area contributed by atoms with Crippen LogP contribution in [0.25, 0.3) is 10.8 Å². The molecule has 1 aliphatic rings. The van der Waals surface area contributed by atoms with Crippen molar-refractivity contribution in [3.05, 3.63) is 76.8 Å². The molecule has 148 valence electrons. The number of nitro benzene ring substituents is 1. The molecule has 1 heterocycles. The maximum Gasteiger partial charge on any atom is 0.269 e. The van der Waals surface area contributed by atoms with Gasteiger partial charge in [0.15, 0.2) is 6.61 Å². The van der Waals surface area contributed by atoms with Crippen LogP contribution >= 0.6 is 0 Å². The summed E-state index contributed by atoms with van der Waals surface area (Å²) < 4.78 is 5.71. The van der Waals surface area contributed by atoms with Crippen LogP contribution in [0.1, 0.15) is 0 Å². The number of hydrogen-bond acceptors (Lipinski definition) is 5. The van der Waals surface area contributed by atoms with Gasteiger partial charge in [0.05, 0.1) is 4.92 Å². The lowest BCUT2D eigenvalue weighted by Crippen LogP contribution is -2.50. The van der Waals surface area contributed by atoms with Gasteiger partial charge < -0.3 is 14.5 Å². The molecule has 1 fully saturated rings. The lowest BCUT2D eigenvalue weighted by atomic mass is 10.1. The Bertz CT molecular complexity index is 1030. The van der Waals surface area contributed by atoms with Gasteiger partial charge in [-0.2, -0.15) is 0 Å². The van der Waals surface area contributed by atoms with Gasteiger partial charge in [-0.05, 0) is 35.0 Å². The summed E-state index contributed by atoms with van der Waals surface area (Å²) in [4.78, 5) is 26.8. The molecule has 0 spiro atoms. The van der Waals surface area contributed by atoms with Crippen LogP contribution in [0.4, 0.5) is 11.4 Å². The molecule has 29 heavy (non-hydrogen) atoms. The minimum absolute atomic E-state index is 0.00979. The van der Waals surface area contributed by atoms with Crippen molar-refractivity contribution in [2.24, 2.45) is 0 Å². The van der Waals surface area contributed by atoms with Crippen LogP contribution in [-0.2, 0) is 4.79 Å². The van der Waals surface area contributed by atoms with Crippen molar-refractivity contribution >= 4 is 28.1 Å². The van der Waals surface area contributed by atoms with E-state index < -0.39 is 4.92 Å². The molecule has 7 heteroatoms. The van der Waals surface area contributed by atoms with E-state index >= 15 is 0 Å². The molecule has 1 saturated heterocycles. The lowest BCUT2D eigenvalue weighted by molar-refractivity contribution is -0.384. The number of amides is 1. The normalized spacial score (nSPS) is 14.1. The molecule has 0 bridgehead atoms. The molecule has 3 aromatic carbocycles. The third-order valence-corrected chi connectivity index (χ3v) is 5.14. The number of carbonyl (C=O) groups is 1. The van der Waals surface area contributed by atoms with E-state index in [0.717, 1.165) is 16.5 Å². The molecule has 1 amide bonds. The SMILES string of the molecule is O=C(COc1ccc2ccccc2c1)N1CCN(c2ccc([N+](=O)[O-])cc2)CC1. The highest BCUT2D eigenvalue weighted by atomic mass is 16.6. The monoisotopic (exact) mass is 391 g/mol. The number of ether oxygens (including phenoxy) is 1. The molecule has 0 aromatic heterocycles. The van der Waals surface area contributed by atoms with Gasteiger partial charge in [-0.3, -0.25) is 14.9 Å². The summed E-state index contributed by atoms with van der Waals surface area (Å²) >= 11 is 0. The maximum absolute atomic E-state index is 12.5. The van der Waals surface area contributed by atoms with Crippen molar-refractivity contribution < 1.29 is 14.5 Å². The minimum Gasteiger partial charge on any atom is -0.484 e. The molecular weight excluding hydrogens is 370 g/mol. The summed E-state index contributed by atoms with van der Waals surface area (Å²) in [6.07, 6.45) is 0. The Morgan fingerprint density at radius 3 is 2.31 bits per heavy atom. The van der Waals surface area contributed by atoms with Gasteiger partial charge in [0, 0.05) is 44.0 Å². The first-order chi connectivity index (χ1) is 14.1. The number of benzene rings is 3. The van der Waals surface area contributed by atoms with Crippen molar-refractivity contribution in [2.45, 2.75) is 0 Å². The average Bonchev–Trinajstić information content (AvgIpc) is 2.77. The molecule has 1 aliphatic heterocycles. The number of rotatable bonds is 5. The predicted molar refractivity (Wildman–Crippen MR) is 111 cm³/mol. The fourth-order valence-electron chi connectivity index (χ4n) is 3.49. The number of nitrogens with zero attached hydrogens (tertiary/aromatic N) is 3. The van der Waals surface area contributed by atoms with Crippen LogP contribution in [-0.4, -0.2) is 48.5 Å². The Morgan fingerprint density at radius 1 is 0.931 bits per heavy atom. The zero-order valence-corrected chi connectivity index (χ0v) is 15.9. The zero-order chi connectivity index (χ0) is 20.2. The number of hydrogen-bond donors (Lipinski definition) is 0. The van der Waals surface area contributed by atoms with Crippen molar-refractivity contribution in [3.8, 4) is 5.75 Å². The zero-order valence-electron chi connectivity index (χ0n) is 15.9. The number of anilines is 1. The topological polar surface area (TPSA) is 75.9 Å². The van der Waals surface area contributed by atoms with Crippen LogP contribution in [0, 0.1) is 10.1 Å². The summed E-state index contributed by atoms with van der Waals surface area (Å²) in [6.45, 7) is 2.56. The van der Waals surface area contributed by atoms with Gasteiger partial charge in [-0.25, -0.2) is 0 Å². The fourth-order valence-corrected chi connectivity index (χ4v) is 3.49. The minimum atomic E-state index is -0.407.